The molecule has 4 heterocycles. The Morgan fingerprint density at radius 3 is 2.00 bits per heavy atom. The van der Waals surface area contributed by atoms with Gasteiger partial charge in [0.15, 0.2) is 0 Å². The van der Waals surface area contributed by atoms with Crippen LogP contribution in [0.25, 0.3) is 44.4 Å². The van der Waals surface area contributed by atoms with Gasteiger partial charge in [-0.05, 0) is 149 Å². The Labute approximate surface area is 375 Å². The third-order valence-electron chi connectivity index (χ3n) is 13.0. The fourth-order valence-corrected chi connectivity index (χ4v) is 9.85. The van der Waals surface area contributed by atoms with Crippen LogP contribution < -0.4 is 9.64 Å². The zero-order valence-corrected chi connectivity index (χ0v) is 39.2. The van der Waals surface area contributed by atoms with Crippen molar-refractivity contribution in [3.05, 3.63) is 178 Å². The quantitative estimate of drug-likeness (QED) is 0.145. The van der Waals surface area contributed by atoms with Gasteiger partial charge in [0.05, 0.1) is 16.7 Å². The van der Waals surface area contributed by atoms with Gasteiger partial charge in [-0.3, -0.25) is 4.57 Å². The summed E-state index contributed by atoms with van der Waals surface area (Å²) in [7, 11) is 0. The van der Waals surface area contributed by atoms with E-state index in [0.717, 1.165) is 45.0 Å². The predicted molar refractivity (Wildman–Crippen MR) is 267 cm³/mol. The molecule has 63 heavy (non-hydrogen) atoms. The number of anilines is 1. The number of hydrogen-bond donors (Lipinski definition) is 0. The van der Waals surface area contributed by atoms with E-state index in [1.807, 2.05) is 6.20 Å². The molecule has 2 aromatic heterocycles. The van der Waals surface area contributed by atoms with Crippen LogP contribution in [0.2, 0.25) is 0 Å². The topological polar surface area (TPSA) is 33.5 Å². The molecule has 1 atom stereocenters. The van der Waals surface area contributed by atoms with Crippen molar-refractivity contribution < 1.29 is 4.74 Å². The lowest BCUT2D eigenvalue weighted by molar-refractivity contribution is 0.469. The molecule has 2 aliphatic heterocycles. The molecule has 0 aliphatic carbocycles. The van der Waals surface area contributed by atoms with Crippen molar-refractivity contribution in [3.8, 4) is 28.4 Å². The maximum Gasteiger partial charge on any atom is 0.137 e. The van der Waals surface area contributed by atoms with Crippen LogP contribution in [0.15, 0.2) is 134 Å². The van der Waals surface area contributed by atoms with E-state index in [4.69, 9.17) is 9.72 Å². The van der Waals surface area contributed by atoms with Crippen LogP contribution in [-0.4, -0.2) is 20.6 Å². The van der Waals surface area contributed by atoms with Crippen molar-refractivity contribution in [2.24, 2.45) is 0 Å². The molecule has 9 rings (SSSR count). The monoisotopic (exact) mass is 830 g/mol. The summed E-state index contributed by atoms with van der Waals surface area (Å²) in [5.41, 5.74) is 17.3. The molecule has 7 aromatic rings. The molecular weight excluding hydrogens is 769 g/mol. The van der Waals surface area contributed by atoms with Gasteiger partial charge in [-0.25, -0.2) is 4.98 Å². The number of para-hydroxylation sites is 1. The molecule has 0 amide bonds. The number of benzene rings is 5. The minimum atomic E-state index is -0.0166. The lowest BCUT2D eigenvalue weighted by atomic mass is 9.81. The van der Waals surface area contributed by atoms with Gasteiger partial charge >= 0.3 is 0 Å². The van der Waals surface area contributed by atoms with Crippen LogP contribution in [0.3, 0.4) is 0 Å². The van der Waals surface area contributed by atoms with E-state index in [0.29, 0.717) is 17.8 Å². The molecule has 0 radical (unpaired) electrons. The number of ether oxygens (including phenoxy) is 1. The number of allylic oxidation sites excluding steroid dienone is 2. The van der Waals surface area contributed by atoms with E-state index in [-0.39, 0.29) is 11.6 Å². The predicted octanol–water partition coefficient (Wildman–Crippen LogP) is 15.8. The number of fused-ring (bicyclic) bond motifs is 4. The third kappa shape index (κ3) is 7.66. The molecule has 5 aromatic carbocycles. The smallest absolute Gasteiger partial charge is 0.137 e. The highest BCUT2D eigenvalue weighted by atomic mass is 16.5. The van der Waals surface area contributed by atoms with Crippen molar-refractivity contribution in [1.29, 1.82) is 0 Å². The van der Waals surface area contributed by atoms with E-state index in [9.17, 15) is 0 Å². The molecule has 0 fully saturated rings. The molecule has 2 aliphatic rings. The van der Waals surface area contributed by atoms with Crippen molar-refractivity contribution in [1.82, 2.24) is 14.5 Å². The van der Waals surface area contributed by atoms with Gasteiger partial charge < -0.3 is 14.5 Å². The zero-order chi connectivity index (χ0) is 44.5. The Morgan fingerprint density at radius 2 is 1.32 bits per heavy atom. The average molecular weight is 831 g/mol. The van der Waals surface area contributed by atoms with Crippen LogP contribution in [0.5, 0.6) is 11.5 Å². The number of rotatable bonds is 9. The van der Waals surface area contributed by atoms with Crippen LogP contribution >= 0.6 is 0 Å². The molecule has 0 bridgehead atoms. The Balaban J connectivity index is 1.25. The standard InChI is InChI=1S/C58H62N4O/c1-35(2)41-30-49(36(3)4)56(50(31-41)37(5)6)43-27-42(53-34-61(55-19-15-16-24-60(53)55)57-39(8)25-38(7)26-40(57)9)28-46(29-43)63-45-20-21-48-47-17-13-14-18-51(47)62(52(48)33-45)54-32-44(22-23-59-54)58(10,11)12/h13-37,55H,1-12H3. The first-order valence-corrected chi connectivity index (χ1v) is 22.8. The summed E-state index contributed by atoms with van der Waals surface area (Å²) < 4.78 is 9.44. The molecule has 5 nitrogen and oxygen atoms in total. The van der Waals surface area contributed by atoms with Gasteiger partial charge in [0, 0.05) is 46.7 Å². The highest BCUT2D eigenvalue weighted by Crippen LogP contribution is 2.45. The van der Waals surface area contributed by atoms with Crippen molar-refractivity contribution in [2.45, 2.75) is 112 Å². The molecule has 0 N–H and O–H groups in total. The minimum absolute atomic E-state index is 0.00984. The lowest BCUT2D eigenvalue weighted by Crippen LogP contribution is -2.36. The first-order chi connectivity index (χ1) is 30.1. The van der Waals surface area contributed by atoms with Gasteiger partial charge in [-0.1, -0.05) is 116 Å². The van der Waals surface area contributed by atoms with E-state index in [1.54, 1.807) is 0 Å². The summed E-state index contributed by atoms with van der Waals surface area (Å²) in [5.74, 6) is 3.55. The molecule has 1 unspecified atom stereocenters. The summed E-state index contributed by atoms with van der Waals surface area (Å²) >= 11 is 0. The van der Waals surface area contributed by atoms with Gasteiger partial charge in [0.2, 0.25) is 0 Å². The van der Waals surface area contributed by atoms with Crippen LogP contribution in [0.4, 0.5) is 5.69 Å². The average Bonchev–Trinajstić information content (AvgIpc) is 3.78. The van der Waals surface area contributed by atoms with Crippen LogP contribution in [-0.2, 0) is 5.41 Å². The second-order valence-corrected chi connectivity index (χ2v) is 19.8. The maximum absolute atomic E-state index is 7.15. The first-order valence-electron chi connectivity index (χ1n) is 22.8. The normalized spacial score (nSPS) is 15.2. The Hall–Kier alpha value is -6.33. The van der Waals surface area contributed by atoms with Crippen molar-refractivity contribution in [2.75, 3.05) is 4.90 Å². The number of hydrogen-bond acceptors (Lipinski definition) is 4. The number of pyridine rings is 1. The first kappa shape index (κ1) is 42.0. The van der Waals surface area contributed by atoms with Gasteiger partial charge in [0.1, 0.15) is 23.5 Å². The minimum Gasteiger partial charge on any atom is -0.457 e. The fourth-order valence-electron chi connectivity index (χ4n) is 9.85. The third-order valence-corrected chi connectivity index (χ3v) is 13.0. The van der Waals surface area contributed by atoms with E-state index >= 15 is 0 Å². The van der Waals surface area contributed by atoms with Gasteiger partial charge in [-0.2, -0.15) is 0 Å². The van der Waals surface area contributed by atoms with Gasteiger partial charge in [-0.15, -0.1) is 0 Å². The summed E-state index contributed by atoms with van der Waals surface area (Å²) in [6.45, 7) is 27.3. The summed E-state index contributed by atoms with van der Waals surface area (Å²) in [6.07, 6.45) is 13.1. The number of aromatic nitrogens is 2. The molecule has 320 valence electrons. The Morgan fingerprint density at radius 1 is 0.635 bits per heavy atom. The van der Waals surface area contributed by atoms with E-state index in [2.05, 4.69) is 225 Å². The fraction of sp³-hybridized carbons (Fsp3) is 0.293. The Bertz CT molecular complexity index is 2950. The Kier molecular flexibility index (Phi) is 10.7. The largest absolute Gasteiger partial charge is 0.457 e. The second-order valence-electron chi connectivity index (χ2n) is 19.8. The zero-order valence-electron chi connectivity index (χ0n) is 39.2. The molecule has 0 saturated heterocycles. The summed E-state index contributed by atoms with van der Waals surface area (Å²) in [6, 6.07) is 35.9. The van der Waals surface area contributed by atoms with Crippen LogP contribution in [0, 0.1) is 20.8 Å². The SMILES string of the molecule is Cc1cc(C)c(N2C=C(c3cc(Oc4ccc5c6ccccc6n(-c6cc(C(C)(C)C)ccn6)c5c4)cc(-c4c(C(C)C)cc(C(C)C)cc4C(C)C)c3)N3C=CC=CC32)c(C)c1. The highest BCUT2D eigenvalue weighted by molar-refractivity contribution is 6.09. The molecule has 0 spiro atoms. The molecule has 5 heteroatoms. The maximum atomic E-state index is 7.15. The molecule has 0 saturated carbocycles. The molecular formula is C58H62N4O. The second kappa shape index (κ2) is 16.1. The number of aryl methyl sites for hydroxylation is 3. The lowest BCUT2D eigenvalue weighted by Gasteiger charge is -2.33. The highest BCUT2D eigenvalue weighted by Gasteiger charge is 2.34. The van der Waals surface area contributed by atoms with E-state index in [1.165, 1.54) is 61.1 Å². The van der Waals surface area contributed by atoms with Gasteiger partial charge in [0.25, 0.3) is 0 Å². The van der Waals surface area contributed by atoms with E-state index < -0.39 is 0 Å². The van der Waals surface area contributed by atoms with Crippen molar-refractivity contribution in [3.63, 3.8) is 0 Å². The van der Waals surface area contributed by atoms with Crippen molar-refractivity contribution >= 4 is 33.2 Å². The van der Waals surface area contributed by atoms with Crippen LogP contribution in [0.1, 0.15) is 125 Å². The summed E-state index contributed by atoms with van der Waals surface area (Å²) in [4.78, 5) is 9.79. The summed E-state index contributed by atoms with van der Waals surface area (Å²) in [5, 5.41) is 2.35. The number of nitrogens with zero attached hydrogens (tertiary/aromatic N) is 4.